The summed E-state index contributed by atoms with van der Waals surface area (Å²) >= 11 is 0. The number of allylic oxidation sites excluding steroid dienone is 1. The van der Waals surface area contributed by atoms with Gasteiger partial charge in [0.05, 0.1) is 0 Å². The Morgan fingerprint density at radius 2 is 1.93 bits per heavy atom. The Labute approximate surface area is 88.0 Å². The quantitative estimate of drug-likeness (QED) is 0.678. The molecule has 0 radical (unpaired) electrons. The predicted octanol–water partition coefficient (Wildman–Crippen LogP) is 3.27. The molecule has 2 fully saturated rings. The highest BCUT2D eigenvalue weighted by Gasteiger charge is 2.43. The van der Waals surface area contributed by atoms with Gasteiger partial charge >= 0.3 is 0 Å². The van der Waals surface area contributed by atoms with Crippen LogP contribution in [0.5, 0.6) is 0 Å². The van der Waals surface area contributed by atoms with Crippen LogP contribution in [0.1, 0.15) is 51.9 Å². The lowest BCUT2D eigenvalue weighted by Gasteiger charge is -2.31. The highest BCUT2D eigenvalue weighted by Crippen LogP contribution is 2.50. The second kappa shape index (κ2) is 4.48. The average molecular weight is 193 g/mol. The zero-order valence-electron chi connectivity index (χ0n) is 9.39. The van der Waals surface area contributed by atoms with Gasteiger partial charge in [0.1, 0.15) is 0 Å². The van der Waals surface area contributed by atoms with Crippen LogP contribution in [0.3, 0.4) is 0 Å². The highest BCUT2D eigenvalue weighted by molar-refractivity contribution is 5.00. The molecule has 1 unspecified atom stereocenters. The smallest absolute Gasteiger partial charge is 0.0137 e. The van der Waals surface area contributed by atoms with Gasteiger partial charge in [-0.25, -0.2) is 0 Å². The van der Waals surface area contributed by atoms with Crippen molar-refractivity contribution in [1.29, 1.82) is 0 Å². The van der Waals surface area contributed by atoms with Gasteiger partial charge in [-0.1, -0.05) is 31.4 Å². The monoisotopic (exact) mass is 193 g/mol. The normalized spacial score (nSPS) is 30.8. The fourth-order valence-corrected chi connectivity index (χ4v) is 3.46. The topological polar surface area (TPSA) is 12.0 Å². The van der Waals surface area contributed by atoms with Gasteiger partial charge in [-0.05, 0) is 38.0 Å². The lowest BCUT2D eigenvalue weighted by Crippen LogP contribution is -2.39. The van der Waals surface area contributed by atoms with Crippen LogP contribution in [0.4, 0.5) is 0 Å². The summed E-state index contributed by atoms with van der Waals surface area (Å²) in [6.07, 6.45) is 14.7. The molecule has 1 nitrogen and oxygen atoms in total. The molecule has 0 aliphatic heterocycles. The minimum absolute atomic E-state index is 0.710. The van der Waals surface area contributed by atoms with Crippen molar-refractivity contribution in [2.45, 2.75) is 57.9 Å². The zero-order chi connectivity index (χ0) is 9.86. The molecule has 2 rings (SSSR count). The Morgan fingerprint density at radius 3 is 2.64 bits per heavy atom. The fourth-order valence-electron chi connectivity index (χ4n) is 3.46. The maximum atomic E-state index is 3.73. The summed E-state index contributed by atoms with van der Waals surface area (Å²) in [4.78, 5) is 0. The van der Waals surface area contributed by atoms with Crippen LogP contribution in [0.15, 0.2) is 12.2 Å². The van der Waals surface area contributed by atoms with Crippen LogP contribution in [0, 0.1) is 5.41 Å². The predicted molar refractivity (Wildman–Crippen MR) is 61.4 cm³/mol. The summed E-state index contributed by atoms with van der Waals surface area (Å²) < 4.78 is 0. The Morgan fingerprint density at radius 1 is 1.21 bits per heavy atom. The molecular formula is C13H23N. The first-order chi connectivity index (χ1) is 6.87. The Bertz CT molecular complexity index is 196. The molecular weight excluding hydrogens is 170 g/mol. The number of rotatable bonds is 3. The number of hydrogen-bond acceptors (Lipinski definition) is 1. The maximum Gasteiger partial charge on any atom is 0.0137 e. The third-order valence-electron chi connectivity index (χ3n) is 4.22. The van der Waals surface area contributed by atoms with Crippen LogP contribution < -0.4 is 5.32 Å². The lowest BCUT2D eigenvalue weighted by molar-refractivity contribution is 0.237. The van der Waals surface area contributed by atoms with Gasteiger partial charge in [0.2, 0.25) is 0 Å². The summed E-state index contributed by atoms with van der Waals surface area (Å²) in [6, 6.07) is 0.821. The van der Waals surface area contributed by atoms with Crippen LogP contribution in [0.2, 0.25) is 0 Å². The van der Waals surface area contributed by atoms with E-state index >= 15 is 0 Å². The molecule has 0 heterocycles. The second-order valence-electron chi connectivity index (χ2n) is 4.99. The Kier molecular flexibility index (Phi) is 3.27. The minimum Gasteiger partial charge on any atom is -0.310 e. The molecule has 1 atom stereocenters. The minimum atomic E-state index is 0.710. The fraction of sp³-hybridized carbons (Fsp3) is 0.846. The zero-order valence-corrected chi connectivity index (χ0v) is 9.39. The first-order valence-electron chi connectivity index (χ1n) is 6.22. The van der Waals surface area contributed by atoms with Crippen molar-refractivity contribution in [3.63, 3.8) is 0 Å². The van der Waals surface area contributed by atoms with Crippen molar-refractivity contribution >= 4 is 0 Å². The van der Waals surface area contributed by atoms with E-state index in [1.807, 2.05) is 0 Å². The molecule has 0 aromatic heterocycles. The first-order valence-corrected chi connectivity index (χ1v) is 6.22. The molecule has 1 spiro atoms. The molecule has 0 bridgehead atoms. The second-order valence-corrected chi connectivity index (χ2v) is 4.99. The summed E-state index contributed by atoms with van der Waals surface area (Å²) in [7, 11) is 0. The molecule has 1 N–H and O–H groups in total. The third-order valence-corrected chi connectivity index (χ3v) is 4.22. The number of nitrogens with one attached hydrogen (secondary N) is 1. The van der Waals surface area contributed by atoms with Gasteiger partial charge in [-0.15, -0.1) is 0 Å². The van der Waals surface area contributed by atoms with Gasteiger partial charge < -0.3 is 5.32 Å². The largest absolute Gasteiger partial charge is 0.310 e. The first kappa shape index (κ1) is 10.2. The average Bonchev–Trinajstić information content (AvgIpc) is 2.80. The summed E-state index contributed by atoms with van der Waals surface area (Å²) in [5.74, 6) is 0. The molecule has 2 aliphatic rings. The molecule has 2 aliphatic carbocycles. The van der Waals surface area contributed by atoms with Crippen molar-refractivity contribution in [2.24, 2.45) is 5.41 Å². The summed E-state index contributed by atoms with van der Waals surface area (Å²) in [5.41, 5.74) is 0.710. The molecule has 0 saturated heterocycles. The van der Waals surface area contributed by atoms with E-state index in [1.54, 1.807) is 0 Å². The van der Waals surface area contributed by atoms with E-state index < -0.39 is 0 Å². The standard InChI is InChI=1S/C13H23N/c1-2-3-11-14-12-7-6-10-13(12)8-4-5-9-13/h2-3,12,14H,4-11H2,1H3/b3-2+. The highest BCUT2D eigenvalue weighted by atomic mass is 14.9. The lowest BCUT2D eigenvalue weighted by atomic mass is 9.81. The molecule has 80 valence electrons. The van der Waals surface area contributed by atoms with E-state index in [9.17, 15) is 0 Å². The van der Waals surface area contributed by atoms with Crippen LogP contribution >= 0.6 is 0 Å². The Hall–Kier alpha value is -0.300. The van der Waals surface area contributed by atoms with E-state index in [4.69, 9.17) is 0 Å². The molecule has 1 heteroatoms. The van der Waals surface area contributed by atoms with E-state index in [2.05, 4.69) is 24.4 Å². The van der Waals surface area contributed by atoms with Gasteiger partial charge in [0.15, 0.2) is 0 Å². The molecule has 2 saturated carbocycles. The van der Waals surface area contributed by atoms with E-state index in [0.717, 1.165) is 12.6 Å². The van der Waals surface area contributed by atoms with E-state index in [-0.39, 0.29) is 0 Å². The van der Waals surface area contributed by atoms with Gasteiger partial charge in [0.25, 0.3) is 0 Å². The SMILES string of the molecule is C/C=C/CNC1CCCC12CCCC2. The van der Waals surface area contributed by atoms with E-state index in [1.165, 1.54) is 44.9 Å². The molecule has 0 amide bonds. The van der Waals surface area contributed by atoms with Gasteiger partial charge in [-0.2, -0.15) is 0 Å². The van der Waals surface area contributed by atoms with Crippen LogP contribution in [0.25, 0.3) is 0 Å². The van der Waals surface area contributed by atoms with Gasteiger partial charge in [-0.3, -0.25) is 0 Å². The summed E-state index contributed by atoms with van der Waals surface area (Å²) in [5, 5.41) is 3.73. The van der Waals surface area contributed by atoms with Crippen molar-refractivity contribution in [3.8, 4) is 0 Å². The van der Waals surface area contributed by atoms with Crippen molar-refractivity contribution < 1.29 is 0 Å². The van der Waals surface area contributed by atoms with Crippen LogP contribution in [-0.2, 0) is 0 Å². The third kappa shape index (κ3) is 1.88. The maximum absolute atomic E-state index is 3.73. The van der Waals surface area contributed by atoms with Crippen molar-refractivity contribution in [1.82, 2.24) is 5.32 Å². The molecule has 0 aromatic rings. The summed E-state index contributed by atoms with van der Waals surface area (Å²) in [6.45, 7) is 3.17. The van der Waals surface area contributed by atoms with Crippen molar-refractivity contribution in [2.75, 3.05) is 6.54 Å². The molecule has 14 heavy (non-hydrogen) atoms. The van der Waals surface area contributed by atoms with Gasteiger partial charge in [0, 0.05) is 12.6 Å². The Balaban J connectivity index is 1.89. The number of hydrogen-bond donors (Lipinski definition) is 1. The van der Waals surface area contributed by atoms with Crippen molar-refractivity contribution in [3.05, 3.63) is 12.2 Å². The molecule has 0 aromatic carbocycles. The van der Waals surface area contributed by atoms with E-state index in [0.29, 0.717) is 5.41 Å². The van der Waals surface area contributed by atoms with Crippen LogP contribution in [-0.4, -0.2) is 12.6 Å².